The topological polar surface area (TPSA) is 156 Å². The Labute approximate surface area is 212 Å². The largest absolute Gasteiger partial charge is 0.480 e. The molecule has 0 aliphatic carbocycles. The zero-order valence-corrected chi connectivity index (χ0v) is 21.0. The first-order chi connectivity index (χ1) is 17.2. The van der Waals surface area contributed by atoms with Crippen LogP contribution in [0.4, 0.5) is 9.93 Å². The van der Waals surface area contributed by atoms with E-state index in [2.05, 4.69) is 30.6 Å². The number of nitrogens with one attached hydrogen (secondary N) is 2. The molecule has 36 heavy (non-hydrogen) atoms. The molecule has 0 spiro atoms. The summed E-state index contributed by atoms with van der Waals surface area (Å²) in [5.41, 5.74) is 9.09. The van der Waals surface area contributed by atoms with Crippen molar-refractivity contribution in [1.82, 2.24) is 25.3 Å². The fraction of sp³-hybridized carbons (Fsp3) is 0.280. The van der Waals surface area contributed by atoms with Gasteiger partial charge >= 0.3 is 12.0 Å². The molecule has 3 heterocycles. The molecule has 2 amide bonds. The summed E-state index contributed by atoms with van der Waals surface area (Å²) in [6, 6.07) is 8.29. The first kappa shape index (κ1) is 25.1. The van der Waals surface area contributed by atoms with Gasteiger partial charge in [-0.3, -0.25) is 15.1 Å². The van der Waals surface area contributed by atoms with Crippen molar-refractivity contribution >= 4 is 38.7 Å². The highest BCUT2D eigenvalue weighted by atomic mass is 32.1. The lowest BCUT2D eigenvalue weighted by Gasteiger charge is -2.24. The maximum absolute atomic E-state index is 12.0. The molecule has 186 valence electrons. The number of pyridine rings is 1. The van der Waals surface area contributed by atoms with Gasteiger partial charge in [0.05, 0.1) is 15.9 Å². The Hall–Kier alpha value is -3.96. The molecule has 1 aromatic carbocycles. The quantitative estimate of drug-likeness (QED) is 0.280. The molecule has 0 unspecified atom stereocenters. The van der Waals surface area contributed by atoms with Crippen LogP contribution in [0.5, 0.6) is 0 Å². The van der Waals surface area contributed by atoms with E-state index in [-0.39, 0.29) is 12.5 Å². The van der Waals surface area contributed by atoms with Gasteiger partial charge in [0.25, 0.3) is 0 Å². The number of anilines is 1. The second kappa shape index (κ2) is 10.3. The average Bonchev–Trinajstić information content (AvgIpc) is 3.26. The highest BCUT2D eigenvalue weighted by Gasteiger charge is 2.29. The first-order valence-corrected chi connectivity index (χ1v) is 12.2. The Morgan fingerprint density at radius 2 is 1.89 bits per heavy atom. The molecule has 0 fully saturated rings. The number of carbonyl (C=O) groups excluding carboxylic acids is 1. The van der Waals surface area contributed by atoms with Gasteiger partial charge in [-0.1, -0.05) is 31.3 Å². The van der Waals surface area contributed by atoms with Gasteiger partial charge in [0, 0.05) is 41.7 Å². The van der Waals surface area contributed by atoms with E-state index in [1.54, 1.807) is 18.6 Å². The van der Waals surface area contributed by atoms with Crippen LogP contribution >= 0.6 is 11.3 Å². The van der Waals surface area contributed by atoms with Crippen LogP contribution in [-0.2, 0) is 10.2 Å². The summed E-state index contributed by atoms with van der Waals surface area (Å²) in [7, 11) is 0. The molecule has 4 aromatic rings. The van der Waals surface area contributed by atoms with Crippen molar-refractivity contribution < 1.29 is 14.7 Å². The smallest absolute Gasteiger partial charge is 0.321 e. The highest BCUT2D eigenvalue weighted by molar-refractivity contribution is 7.22. The van der Waals surface area contributed by atoms with Crippen molar-refractivity contribution in [2.45, 2.75) is 38.6 Å². The molecule has 3 aromatic heterocycles. The van der Waals surface area contributed by atoms with Crippen LogP contribution in [0.15, 0.2) is 48.9 Å². The van der Waals surface area contributed by atoms with Crippen molar-refractivity contribution in [2.75, 3.05) is 11.9 Å². The lowest BCUT2D eigenvalue weighted by molar-refractivity contribution is -0.139. The molecule has 10 nitrogen and oxygen atoms in total. The van der Waals surface area contributed by atoms with E-state index in [9.17, 15) is 9.59 Å². The number of urea groups is 1. The van der Waals surface area contributed by atoms with Gasteiger partial charge in [-0.15, -0.1) is 0 Å². The number of aromatic nitrogens is 4. The van der Waals surface area contributed by atoms with Gasteiger partial charge < -0.3 is 16.2 Å². The van der Waals surface area contributed by atoms with Gasteiger partial charge in [0.2, 0.25) is 0 Å². The first-order valence-electron chi connectivity index (χ1n) is 11.4. The molecule has 0 saturated heterocycles. The zero-order chi connectivity index (χ0) is 25.9. The van der Waals surface area contributed by atoms with Crippen LogP contribution < -0.4 is 16.4 Å². The fourth-order valence-electron chi connectivity index (χ4n) is 3.82. The van der Waals surface area contributed by atoms with Crippen molar-refractivity contribution in [3.8, 4) is 22.4 Å². The van der Waals surface area contributed by atoms with E-state index in [1.165, 1.54) is 11.3 Å². The number of thiazole rings is 1. The third kappa shape index (κ3) is 5.47. The molecule has 0 saturated carbocycles. The van der Waals surface area contributed by atoms with E-state index >= 15 is 0 Å². The van der Waals surface area contributed by atoms with Crippen LogP contribution in [0, 0.1) is 0 Å². The number of carboxylic acid groups (broad SMARTS) is 1. The Morgan fingerprint density at radius 1 is 1.14 bits per heavy atom. The minimum atomic E-state index is -1.06. The second-order valence-corrected chi connectivity index (χ2v) is 9.92. The number of carbonyl (C=O) groups is 2. The van der Waals surface area contributed by atoms with Gasteiger partial charge in [-0.05, 0) is 43.2 Å². The summed E-state index contributed by atoms with van der Waals surface area (Å²) >= 11 is 1.38. The molecule has 11 heteroatoms. The number of rotatable bonds is 8. The molecule has 0 bridgehead atoms. The number of aliphatic carboxylic acids is 1. The Bertz CT molecular complexity index is 1390. The maximum atomic E-state index is 12.0. The number of fused-ring (bicyclic) bond motifs is 1. The van der Waals surface area contributed by atoms with Gasteiger partial charge in [0.15, 0.2) is 5.13 Å². The van der Waals surface area contributed by atoms with Crippen LogP contribution in [0.3, 0.4) is 0 Å². The predicted molar refractivity (Wildman–Crippen MR) is 140 cm³/mol. The lowest BCUT2D eigenvalue weighted by atomic mass is 9.85. The minimum Gasteiger partial charge on any atom is -0.480 e. The Balaban J connectivity index is 1.73. The summed E-state index contributed by atoms with van der Waals surface area (Å²) in [5, 5.41) is 15.1. The highest BCUT2D eigenvalue weighted by Crippen LogP contribution is 2.38. The summed E-state index contributed by atoms with van der Waals surface area (Å²) in [6.07, 6.45) is 5.35. The number of carboxylic acids is 1. The van der Waals surface area contributed by atoms with Gasteiger partial charge in [-0.2, -0.15) is 0 Å². The summed E-state index contributed by atoms with van der Waals surface area (Å²) in [5.74, 6) is -0.546. The zero-order valence-electron chi connectivity index (χ0n) is 20.1. The third-order valence-corrected chi connectivity index (χ3v) is 6.65. The molecular formula is C25H27N7O3S. The number of hydrogen-bond acceptors (Lipinski definition) is 8. The molecule has 1 atom stereocenters. The minimum absolute atomic E-state index is 0.206. The predicted octanol–water partition coefficient (Wildman–Crippen LogP) is 4.04. The molecule has 0 radical (unpaired) electrons. The van der Waals surface area contributed by atoms with Gasteiger partial charge in [-0.25, -0.2) is 19.7 Å². The standard InChI is InChI=1S/C25H27N7O3S/c1-4-27-23(35)32-24-31-19-10-14(9-16(20(19)36-24)18-7-5-6-8-28-18)15-12-29-22(30-13-15)25(2,3)11-17(26)21(33)34/h5-10,12-13,17H,4,11,26H2,1-3H3,(H,33,34)(H2,27,31,32,35)/t17-/m0/s1. The second-order valence-electron chi connectivity index (χ2n) is 8.92. The third-order valence-electron chi connectivity index (χ3n) is 5.63. The summed E-state index contributed by atoms with van der Waals surface area (Å²) in [6.45, 7) is 6.09. The number of hydrogen-bond donors (Lipinski definition) is 4. The average molecular weight is 506 g/mol. The van der Waals surface area contributed by atoms with Crippen molar-refractivity contribution in [3.05, 3.63) is 54.7 Å². The monoisotopic (exact) mass is 505 g/mol. The van der Waals surface area contributed by atoms with E-state index in [0.717, 1.165) is 27.1 Å². The molecule has 0 aliphatic rings. The van der Waals surface area contributed by atoms with Gasteiger partial charge in [0.1, 0.15) is 11.9 Å². The molecule has 5 N–H and O–H groups in total. The van der Waals surface area contributed by atoms with E-state index < -0.39 is 17.4 Å². The van der Waals surface area contributed by atoms with Crippen molar-refractivity contribution in [3.63, 3.8) is 0 Å². The van der Waals surface area contributed by atoms with Crippen molar-refractivity contribution in [1.29, 1.82) is 0 Å². The number of benzene rings is 1. The number of amides is 2. The maximum Gasteiger partial charge on any atom is 0.321 e. The SMILES string of the molecule is CCNC(=O)Nc1nc2cc(-c3cnc(C(C)(C)C[C@H](N)C(=O)O)nc3)cc(-c3ccccn3)c2s1. The fourth-order valence-corrected chi connectivity index (χ4v) is 4.79. The van der Waals surface area contributed by atoms with E-state index in [4.69, 9.17) is 10.8 Å². The molecule has 4 rings (SSSR count). The summed E-state index contributed by atoms with van der Waals surface area (Å²) in [4.78, 5) is 41.4. The van der Waals surface area contributed by atoms with Crippen LogP contribution in [0.25, 0.3) is 32.6 Å². The lowest BCUT2D eigenvalue weighted by Crippen LogP contribution is -2.37. The van der Waals surface area contributed by atoms with E-state index in [1.807, 2.05) is 51.1 Å². The Kier molecular flexibility index (Phi) is 7.22. The van der Waals surface area contributed by atoms with Crippen molar-refractivity contribution in [2.24, 2.45) is 5.73 Å². The normalized spacial score (nSPS) is 12.3. The Morgan fingerprint density at radius 3 is 2.53 bits per heavy atom. The molecular weight excluding hydrogens is 478 g/mol. The number of nitrogens with two attached hydrogens (primary N) is 1. The van der Waals surface area contributed by atoms with Crippen LogP contribution in [0.1, 0.15) is 33.0 Å². The van der Waals surface area contributed by atoms with Crippen LogP contribution in [0.2, 0.25) is 0 Å². The number of nitrogens with zero attached hydrogens (tertiary/aromatic N) is 4. The molecule has 0 aliphatic heterocycles. The van der Waals surface area contributed by atoms with E-state index in [0.29, 0.717) is 23.0 Å². The summed E-state index contributed by atoms with van der Waals surface area (Å²) < 4.78 is 0.894. The van der Waals surface area contributed by atoms with Crippen LogP contribution in [-0.4, -0.2) is 49.6 Å².